The number of hydrogen-bond acceptors (Lipinski definition) is 1. The zero-order valence-corrected chi connectivity index (χ0v) is 9.05. The molecule has 1 heteroatoms. The van der Waals surface area contributed by atoms with Gasteiger partial charge in [-0.2, -0.15) is 0 Å². The Hall–Kier alpha value is -0.300. The van der Waals surface area contributed by atoms with E-state index in [4.69, 9.17) is 5.73 Å². The molecule has 0 radical (unpaired) electrons. The van der Waals surface area contributed by atoms with Crippen LogP contribution in [0.15, 0.2) is 11.6 Å². The smallest absolute Gasteiger partial charge is 0.00785 e. The fourth-order valence-corrected chi connectivity index (χ4v) is 2.12. The summed E-state index contributed by atoms with van der Waals surface area (Å²) in [5, 5.41) is 0. The van der Waals surface area contributed by atoms with Crippen LogP contribution in [0.5, 0.6) is 0 Å². The molecule has 0 heterocycles. The predicted octanol–water partition coefficient (Wildman–Crippen LogP) is 3.25. The highest BCUT2D eigenvalue weighted by Crippen LogP contribution is 2.22. The second-order valence-corrected chi connectivity index (χ2v) is 4.70. The van der Waals surface area contributed by atoms with E-state index in [0.29, 0.717) is 6.04 Å². The van der Waals surface area contributed by atoms with Gasteiger partial charge < -0.3 is 5.73 Å². The van der Waals surface area contributed by atoms with Gasteiger partial charge in [-0.3, -0.25) is 0 Å². The molecule has 0 aromatic carbocycles. The van der Waals surface area contributed by atoms with Crippen molar-refractivity contribution >= 4 is 0 Å². The second-order valence-electron chi connectivity index (χ2n) is 4.70. The molecule has 1 aliphatic rings. The Balaban J connectivity index is 2.26. The van der Waals surface area contributed by atoms with Crippen LogP contribution in [-0.2, 0) is 0 Å². The molecule has 0 saturated heterocycles. The van der Waals surface area contributed by atoms with Crippen LogP contribution in [0, 0.1) is 5.92 Å². The maximum absolute atomic E-state index is 6.06. The van der Waals surface area contributed by atoms with Crippen LogP contribution in [0.4, 0.5) is 0 Å². The minimum Gasteiger partial charge on any atom is -0.327 e. The molecule has 1 nitrogen and oxygen atoms in total. The molecule has 13 heavy (non-hydrogen) atoms. The molecule has 1 atom stereocenters. The normalized spacial score (nSPS) is 20.2. The van der Waals surface area contributed by atoms with Gasteiger partial charge in [0.15, 0.2) is 0 Å². The van der Waals surface area contributed by atoms with E-state index in [1.165, 1.54) is 25.7 Å². The maximum Gasteiger partial charge on any atom is 0.00785 e. The number of allylic oxidation sites excluding steroid dienone is 1. The maximum atomic E-state index is 6.06. The van der Waals surface area contributed by atoms with Crippen molar-refractivity contribution in [2.24, 2.45) is 11.7 Å². The Morgan fingerprint density at radius 1 is 1.38 bits per heavy atom. The van der Waals surface area contributed by atoms with Crippen LogP contribution in [0.2, 0.25) is 0 Å². The van der Waals surface area contributed by atoms with E-state index in [0.717, 1.165) is 18.8 Å². The number of nitrogens with two attached hydrogens (primary N) is 1. The van der Waals surface area contributed by atoms with Crippen LogP contribution in [0.3, 0.4) is 0 Å². The minimum atomic E-state index is 0.393. The zero-order valence-electron chi connectivity index (χ0n) is 9.05. The third kappa shape index (κ3) is 4.47. The highest BCUT2D eigenvalue weighted by Gasteiger charge is 2.10. The Morgan fingerprint density at radius 3 is 2.69 bits per heavy atom. The molecule has 0 fully saturated rings. The van der Waals surface area contributed by atoms with Crippen LogP contribution in [0.1, 0.15) is 52.4 Å². The summed E-state index contributed by atoms with van der Waals surface area (Å²) >= 11 is 0. The van der Waals surface area contributed by atoms with Crippen molar-refractivity contribution in [3.63, 3.8) is 0 Å². The zero-order chi connectivity index (χ0) is 9.68. The number of hydrogen-bond donors (Lipinski definition) is 1. The Morgan fingerprint density at radius 2 is 2.15 bits per heavy atom. The first kappa shape index (κ1) is 10.8. The minimum absolute atomic E-state index is 0.393. The first-order chi connectivity index (χ1) is 6.18. The van der Waals surface area contributed by atoms with Crippen molar-refractivity contribution in [2.45, 2.75) is 58.4 Å². The van der Waals surface area contributed by atoms with E-state index in [-0.39, 0.29) is 0 Å². The van der Waals surface area contributed by atoms with Crippen molar-refractivity contribution in [3.05, 3.63) is 11.6 Å². The second kappa shape index (κ2) is 5.43. The van der Waals surface area contributed by atoms with Crippen molar-refractivity contribution < 1.29 is 0 Å². The summed E-state index contributed by atoms with van der Waals surface area (Å²) in [5.74, 6) is 0.735. The molecular weight excluding hydrogens is 158 g/mol. The lowest BCUT2D eigenvalue weighted by Crippen LogP contribution is -2.22. The first-order valence-electron chi connectivity index (χ1n) is 5.62. The Kier molecular flexibility index (Phi) is 4.51. The summed E-state index contributed by atoms with van der Waals surface area (Å²) in [5.41, 5.74) is 7.68. The molecule has 76 valence electrons. The van der Waals surface area contributed by atoms with Gasteiger partial charge >= 0.3 is 0 Å². The summed E-state index contributed by atoms with van der Waals surface area (Å²) < 4.78 is 0. The third-order valence-corrected chi connectivity index (χ3v) is 2.68. The van der Waals surface area contributed by atoms with Crippen molar-refractivity contribution in [1.82, 2.24) is 0 Å². The van der Waals surface area contributed by atoms with E-state index >= 15 is 0 Å². The van der Waals surface area contributed by atoms with E-state index in [2.05, 4.69) is 19.9 Å². The lowest BCUT2D eigenvalue weighted by molar-refractivity contribution is 0.483. The first-order valence-corrected chi connectivity index (χ1v) is 5.62. The lowest BCUT2D eigenvalue weighted by Gasteiger charge is -2.18. The molecule has 0 aromatic heterocycles. The van der Waals surface area contributed by atoms with Crippen molar-refractivity contribution in [1.29, 1.82) is 0 Å². The van der Waals surface area contributed by atoms with Crippen molar-refractivity contribution in [2.75, 3.05) is 0 Å². The van der Waals surface area contributed by atoms with E-state index in [9.17, 15) is 0 Å². The molecule has 1 rings (SSSR count). The largest absolute Gasteiger partial charge is 0.327 e. The van der Waals surface area contributed by atoms with Gasteiger partial charge in [0, 0.05) is 6.04 Å². The van der Waals surface area contributed by atoms with Gasteiger partial charge in [-0.25, -0.2) is 0 Å². The SMILES string of the molecule is CC(C)CC(N)CC1=CCCCC1. The van der Waals surface area contributed by atoms with Crippen LogP contribution in [-0.4, -0.2) is 6.04 Å². The van der Waals surface area contributed by atoms with Gasteiger partial charge in [-0.1, -0.05) is 25.5 Å². The molecular formula is C12H23N. The Bertz CT molecular complexity index is 170. The van der Waals surface area contributed by atoms with Crippen LogP contribution in [0.25, 0.3) is 0 Å². The highest BCUT2D eigenvalue weighted by atomic mass is 14.6. The number of rotatable bonds is 4. The van der Waals surface area contributed by atoms with Gasteiger partial charge in [0.05, 0.1) is 0 Å². The summed E-state index contributed by atoms with van der Waals surface area (Å²) in [6, 6.07) is 0.393. The topological polar surface area (TPSA) is 26.0 Å². The molecule has 0 spiro atoms. The fraction of sp³-hybridized carbons (Fsp3) is 0.833. The molecule has 0 amide bonds. The lowest BCUT2D eigenvalue weighted by atomic mass is 9.91. The van der Waals surface area contributed by atoms with Gasteiger partial charge in [-0.05, 0) is 44.4 Å². The molecule has 2 N–H and O–H groups in total. The van der Waals surface area contributed by atoms with Gasteiger partial charge in [0.25, 0.3) is 0 Å². The monoisotopic (exact) mass is 181 g/mol. The molecule has 0 aliphatic heterocycles. The van der Waals surface area contributed by atoms with E-state index < -0.39 is 0 Å². The van der Waals surface area contributed by atoms with E-state index in [1.807, 2.05) is 0 Å². The van der Waals surface area contributed by atoms with Gasteiger partial charge in [0.1, 0.15) is 0 Å². The predicted molar refractivity (Wildman–Crippen MR) is 58.6 cm³/mol. The average Bonchev–Trinajstić information content (AvgIpc) is 2.04. The molecule has 1 unspecified atom stereocenters. The standard InChI is InChI=1S/C12H23N/c1-10(2)8-12(13)9-11-6-4-3-5-7-11/h6,10,12H,3-5,7-9,13H2,1-2H3. The summed E-state index contributed by atoms with van der Waals surface area (Å²) in [4.78, 5) is 0. The van der Waals surface area contributed by atoms with Crippen LogP contribution >= 0.6 is 0 Å². The van der Waals surface area contributed by atoms with Gasteiger partial charge in [-0.15, -0.1) is 0 Å². The summed E-state index contributed by atoms with van der Waals surface area (Å²) in [7, 11) is 0. The van der Waals surface area contributed by atoms with Gasteiger partial charge in [0.2, 0.25) is 0 Å². The fourth-order valence-electron chi connectivity index (χ4n) is 2.12. The average molecular weight is 181 g/mol. The molecule has 1 aliphatic carbocycles. The van der Waals surface area contributed by atoms with Crippen LogP contribution < -0.4 is 5.73 Å². The Labute approximate surface area is 82.4 Å². The molecule has 0 aromatic rings. The quantitative estimate of drug-likeness (QED) is 0.662. The summed E-state index contributed by atoms with van der Waals surface area (Å²) in [6.45, 7) is 4.49. The van der Waals surface area contributed by atoms with E-state index in [1.54, 1.807) is 5.57 Å². The highest BCUT2D eigenvalue weighted by molar-refractivity contribution is 5.06. The summed E-state index contributed by atoms with van der Waals surface area (Å²) in [6.07, 6.45) is 10.0. The third-order valence-electron chi connectivity index (χ3n) is 2.68. The van der Waals surface area contributed by atoms with Crippen molar-refractivity contribution in [3.8, 4) is 0 Å². The molecule has 0 bridgehead atoms. The molecule has 0 saturated carbocycles.